The van der Waals surface area contributed by atoms with E-state index in [4.69, 9.17) is 4.74 Å². The Hall–Kier alpha value is -2.82. The van der Waals surface area contributed by atoms with Crippen molar-refractivity contribution in [3.8, 4) is 5.75 Å². The van der Waals surface area contributed by atoms with Gasteiger partial charge in [-0.1, -0.05) is 31.2 Å². The first-order valence-corrected chi connectivity index (χ1v) is 8.46. The van der Waals surface area contributed by atoms with E-state index in [-0.39, 0.29) is 23.7 Å². The molecule has 1 saturated carbocycles. The van der Waals surface area contributed by atoms with E-state index in [9.17, 15) is 9.59 Å². The molecule has 130 valence electrons. The van der Waals surface area contributed by atoms with E-state index in [2.05, 4.69) is 10.6 Å². The Balaban J connectivity index is 1.58. The molecule has 0 spiro atoms. The smallest absolute Gasteiger partial charge is 0.228 e. The van der Waals surface area contributed by atoms with Gasteiger partial charge >= 0.3 is 0 Å². The third-order valence-corrected chi connectivity index (χ3v) is 4.46. The highest BCUT2D eigenvalue weighted by Gasteiger charge is 2.48. The van der Waals surface area contributed by atoms with Gasteiger partial charge in [-0.2, -0.15) is 0 Å². The van der Waals surface area contributed by atoms with Gasteiger partial charge in [-0.25, -0.2) is 0 Å². The molecule has 5 nitrogen and oxygen atoms in total. The summed E-state index contributed by atoms with van der Waals surface area (Å²) in [5, 5.41) is 5.80. The lowest BCUT2D eigenvalue weighted by Crippen LogP contribution is -2.21. The fraction of sp³-hybridized carbons (Fsp3) is 0.300. The van der Waals surface area contributed by atoms with Gasteiger partial charge < -0.3 is 15.4 Å². The maximum atomic E-state index is 12.4. The summed E-state index contributed by atoms with van der Waals surface area (Å²) >= 11 is 0. The number of hydrogen-bond acceptors (Lipinski definition) is 3. The van der Waals surface area contributed by atoms with Gasteiger partial charge in [0.1, 0.15) is 5.75 Å². The van der Waals surface area contributed by atoms with Crippen LogP contribution in [0.15, 0.2) is 48.5 Å². The number of rotatable bonds is 6. The summed E-state index contributed by atoms with van der Waals surface area (Å²) in [5.74, 6) is -0.0848. The minimum Gasteiger partial charge on any atom is -0.497 e. The second kappa shape index (κ2) is 7.38. The van der Waals surface area contributed by atoms with Crippen molar-refractivity contribution in [2.75, 3.05) is 17.7 Å². The SMILES string of the molecule is CCc1ccccc1NC(=O)C1CC1C(=O)Nc1cccc(OC)c1. The van der Waals surface area contributed by atoms with Crippen molar-refractivity contribution < 1.29 is 14.3 Å². The number of carbonyl (C=O) groups excluding carboxylic acids is 2. The molecule has 2 aromatic carbocycles. The van der Waals surface area contributed by atoms with Crippen molar-refractivity contribution in [1.82, 2.24) is 0 Å². The first kappa shape index (κ1) is 17.0. The highest BCUT2D eigenvalue weighted by molar-refractivity contribution is 6.03. The third kappa shape index (κ3) is 3.99. The summed E-state index contributed by atoms with van der Waals surface area (Å²) in [6.45, 7) is 2.05. The number of ether oxygens (including phenoxy) is 1. The molecule has 0 heterocycles. The fourth-order valence-corrected chi connectivity index (χ4v) is 2.89. The zero-order chi connectivity index (χ0) is 17.8. The second-order valence-corrected chi connectivity index (χ2v) is 6.17. The highest BCUT2D eigenvalue weighted by Crippen LogP contribution is 2.40. The number of hydrogen-bond donors (Lipinski definition) is 2. The Morgan fingerprint density at radius 3 is 2.48 bits per heavy atom. The zero-order valence-electron chi connectivity index (χ0n) is 14.4. The summed E-state index contributed by atoms with van der Waals surface area (Å²) in [5.41, 5.74) is 2.59. The number of benzene rings is 2. The van der Waals surface area contributed by atoms with Crippen LogP contribution >= 0.6 is 0 Å². The Bertz CT molecular complexity index is 788. The largest absolute Gasteiger partial charge is 0.497 e. The molecule has 0 aromatic heterocycles. The van der Waals surface area contributed by atoms with Crippen LogP contribution in [-0.4, -0.2) is 18.9 Å². The summed E-state index contributed by atoms with van der Waals surface area (Å²) in [4.78, 5) is 24.7. The van der Waals surface area contributed by atoms with Crippen LogP contribution in [0.2, 0.25) is 0 Å². The number of anilines is 2. The molecule has 2 amide bonds. The molecule has 0 radical (unpaired) electrons. The van der Waals surface area contributed by atoms with Crippen LogP contribution in [0.1, 0.15) is 18.9 Å². The molecular weight excluding hydrogens is 316 g/mol. The Kier molecular flexibility index (Phi) is 5.03. The second-order valence-electron chi connectivity index (χ2n) is 6.17. The fourth-order valence-electron chi connectivity index (χ4n) is 2.89. The van der Waals surface area contributed by atoms with Crippen molar-refractivity contribution in [1.29, 1.82) is 0 Å². The maximum absolute atomic E-state index is 12.4. The van der Waals surface area contributed by atoms with Crippen LogP contribution in [-0.2, 0) is 16.0 Å². The van der Waals surface area contributed by atoms with Crippen molar-refractivity contribution in [3.05, 3.63) is 54.1 Å². The molecule has 1 aliphatic rings. The van der Waals surface area contributed by atoms with Gasteiger partial charge in [0.05, 0.1) is 18.9 Å². The minimum atomic E-state index is -0.278. The van der Waals surface area contributed by atoms with Gasteiger partial charge in [-0.05, 0) is 36.6 Å². The van der Waals surface area contributed by atoms with Gasteiger partial charge in [0, 0.05) is 17.4 Å². The zero-order valence-corrected chi connectivity index (χ0v) is 14.4. The van der Waals surface area contributed by atoms with Gasteiger partial charge in [-0.3, -0.25) is 9.59 Å². The van der Waals surface area contributed by atoms with Gasteiger partial charge in [0.25, 0.3) is 0 Å². The number of nitrogens with one attached hydrogen (secondary N) is 2. The lowest BCUT2D eigenvalue weighted by molar-refractivity contribution is -0.122. The molecule has 2 unspecified atom stereocenters. The number of methoxy groups -OCH3 is 1. The number of para-hydroxylation sites is 1. The summed E-state index contributed by atoms with van der Waals surface area (Å²) in [6, 6.07) is 14.9. The molecule has 1 aliphatic carbocycles. The van der Waals surface area contributed by atoms with Crippen LogP contribution < -0.4 is 15.4 Å². The standard InChI is InChI=1S/C20H22N2O3/c1-3-13-7-4-5-10-18(13)22-20(24)17-12-16(17)19(23)21-14-8-6-9-15(11-14)25-2/h4-11,16-17H,3,12H2,1-2H3,(H,21,23)(H,22,24). The average molecular weight is 338 g/mol. The lowest BCUT2D eigenvalue weighted by atomic mass is 10.1. The van der Waals surface area contributed by atoms with E-state index in [1.54, 1.807) is 19.2 Å². The van der Waals surface area contributed by atoms with Crippen LogP contribution in [0.4, 0.5) is 11.4 Å². The van der Waals surface area contributed by atoms with E-state index in [0.717, 1.165) is 17.7 Å². The number of carbonyl (C=O) groups is 2. The molecule has 2 atom stereocenters. The molecule has 2 aromatic rings. The molecular formula is C20H22N2O3. The Morgan fingerprint density at radius 2 is 1.76 bits per heavy atom. The third-order valence-electron chi connectivity index (χ3n) is 4.46. The average Bonchev–Trinajstić information content (AvgIpc) is 3.43. The lowest BCUT2D eigenvalue weighted by Gasteiger charge is -2.10. The number of aryl methyl sites for hydroxylation is 1. The summed E-state index contributed by atoms with van der Waals surface area (Å²) in [6.07, 6.45) is 1.43. The van der Waals surface area contributed by atoms with E-state index in [0.29, 0.717) is 17.9 Å². The van der Waals surface area contributed by atoms with Gasteiger partial charge in [-0.15, -0.1) is 0 Å². The first-order chi connectivity index (χ1) is 12.1. The quantitative estimate of drug-likeness (QED) is 0.847. The molecule has 0 aliphatic heterocycles. The van der Waals surface area contributed by atoms with E-state index in [1.165, 1.54) is 0 Å². The number of amides is 2. The Labute approximate surface area is 147 Å². The minimum absolute atomic E-state index is 0.0910. The van der Waals surface area contributed by atoms with Crippen molar-refractivity contribution in [3.63, 3.8) is 0 Å². The molecule has 5 heteroatoms. The monoisotopic (exact) mass is 338 g/mol. The molecule has 2 N–H and O–H groups in total. The first-order valence-electron chi connectivity index (χ1n) is 8.46. The van der Waals surface area contributed by atoms with Crippen LogP contribution in [0.5, 0.6) is 5.75 Å². The van der Waals surface area contributed by atoms with Gasteiger partial charge in [0.15, 0.2) is 0 Å². The van der Waals surface area contributed by atoms with E-state index >= 15 is 0 Å². The molecule has 1 fully saturated rings. The highest BCUT2D eigenvalue weighted by atomic mass is 16.5. The molecule has 3 rings (SSSR count). The predicted octanol–water partition coefficient (Wildman–Crippen LogP) is 3.47. The van der Waals surface area contributed by atoms with E-state index < -0.39 is 0 Å². The summed E-state index contributed by atoms with van der Waals surface area (Å²) in [7, 11) is 1.58. The van der Waals surface area contributed by atoms with E-state index in [1.807, 2.05) is 43.3 Å². The predicted molar refractivity (Wildman–Crippen MR) is 97.7 cm³/mol. The summed E-state index contributed by atoms with van der Waals surface area (Å²) < 4.78 is 5.14. The molecule has 0 bridgehead atoms. The topological polar surface area (TPSA) is 67.4 Å². The van der Waals surface area contributed by atoms with Crippen LogP contribution in [0.25, 0.3) is 0 Å². The maximum Gasteiger partial charge on any atom is 0.228 e. The van der Waals surface area contributed by atoms with Crippen molar-refractivity contribution in [2.24, 2.45) is 11.8 Å². The molecule has 0 saturated heterocycles. The van der Waals surface area contributed by atoms with Crippen molar-refractivity contribution >= 4 is 23.2 Å². The van der Waals surface area contributed by atoms with Crippen molar-refractivity contribution in [2.45, 2.75) is 19.8 Å². The normalized spacial score (nSPS) is 18.3. The van der Waals surface area contributed by atoms with Gasteiger partial charge in [0.2, 0.25) is 11.8 Å². The Morgan fingerprint density at radius 1 is 1.04 bits per heavy atom. The molecule has 25 heavy (non-hydrogen) atoms. The van der Waals surface area contributed by atoms with Crippen LogP contribution in [0.3, 0.4) is 0 Å². The van der Waals surface area contributed by atoms with Crippen LogP contribution in [0, 0.1) is 11.8 Å².